The Kier molecular flexibility index (Phi) is 4.74. The number of hydrogen-bond acceptors (Lipinski definition) is 2. The van der Waals surface area contributed by atoms with Gasteiger partial charge in [0.2, 0.25) is 0 Å². The molecule has 1 rings (SSSR count). The van der Waals surface area contributed by atoms with Crippen molar-refractivity contribution in [3.63, 3.8) is 0 Å². The minimum absolute atomic E-state index is 0.392. The van der Waals surface area contributed by atoms with Gasteiger partial charge in [0.05, 0.1) is 6.10 Å². The van der Waals surface area contributed by atoms with Crippen LogP contribution in [0, 0.1) is 11.8 Å². The van der Waals surface area contributed by atoms with Crippen molar-refractivity contribution in [3.05, 3.63) is 0 Å². The molecule has 1 fully saturated rings. The molecule has 0 bridgehead atoms. The van der Waals surface area contributed by atoms with Crippen LogP contribution in [-0.4, -0.2) is 26.3 Å². The van der Waals surface area contributed by atoms with Crippen molar-refractivity contribution in [3.8, 4) is 0 Å². The molecule has 1 saturated carbocycles. The first kappa shape index (κ1) is 11.0. The fourth-order valence-electron chi connectivity index (χ4n) is 1.48. The van der Waals surface area contributed by atoms with Gasteiger partial charge in [-0.1, -0.05) is 26.7 Å². The lowest BCUT2D eigenvalue weighted by Gasteiger charge is -2.21. The summed E-state index contributed by atoms with van der Waals surface area (Å²) in [6.45, 7) is 6.37. The number of hydrogen-bond donors (Lipinski definition) is 1. The van der Waals surface area contributed by atoms with Crippen LogP contribution >= 0.6 is 0 Å². The summed E-state index contributed by atoms with van der Waals surface area (Å²) < 4.78 is 5.83. The Bertz CT molecular complexity index is 132. The molecule has 0 aromatic carbocycles. The molecule has 0 aromatic heterocycles. The molecular weight excluding hydrogens is 162 g/mol. The van der Waals surface area contributed by atoms with E-state index in [0.29, 0.717) is 12.0 Å². The fraction of sp³-hybridized carbons (Fsp3) is 1.00. The molecule has 0 saturated heterocycles. The number of ether oxygens (including phenoxy) is 1. The molecule has 0 spiro atoms. The fourth-order valence-corrected chi connectivity index (χ4v) is 1.48. The Hall–Kier alpha value is -0.0800. The third kappa shape index (κ3) is 4.63. The van der Waals surface area contributed by atoms with Gasteiger partial charge >= 0.3 is 0 Å². The Labute approximate surface area is 82.0 Å². The normalized spacial score (nSPS) is 19.4. The molecule has 0 aromatic rings. The van der Waals surface area contributed by atoms with E-state index >= 15 is 0 Å². The summed E-state index contributed by atoms with van der Waals surface area (Å²) in [4.78, 5) is 0. The van der Waals surface area contributed by atoms with E-state index in [2.05, 4.69) is 19.2 Å². The second-order valence-corrected chi connectivity index (χ2v) is 4.44. The quantitative estimate of drug-likeness (QED) is 0.655. The highest BCUT2D eigenvalue weighted by atomic mass is 16.5. The highest BCUT2D eigenvalue weighted by Crippen LogP contribution is 2.32. The van der Waals surface area contributed by atoms with E-state index in [0.717, 1.165) is 19.1 Å². The van der Waals surface area contributed by atoms with Gasteiger partial charge in [-0.2, -0.15) is 0 Å². The standard InChI is InChI=1S/C11H23NO/c1-9(2)11(8-12-3)13-7-6-10-4-5-10/h9-12H,4-8H2,1-3H3. The molecule has 0 amide bonds. The summed E-state index contributed by atoms with van der Waals surface area (Å²) in [5.74, 6) is 1.61. The lowest BCUT2D eigenvalue weighted by Crippen LogP contribution is -2.31. The van der Waals surface area contributed by atoms with Crippen LogP contribution in [-0.2, 0) is 4.74 Å². The molecule has 0 radical (unpaired) electrons. The van der Waals surface area contributed by atoms with Crippen LogP contribution in [0.1, 0.15) is 33.1 Å². The van der Waals surface area contributed by atoms with E-state index in [1.165, 1.54) is 19.3 Å². The minimum atomic E-state index is 0.392. The molecule has 1 unspecified atom stereocenters. The van der Waals surface area contributed by atoms with Crippen LogP contribution in [0.3, 0.4) is 0 Å². The zero-order valence-corrected chi connectivity index (χ0v) is 9.18. The summed E-state index contributed by atoms with van der Waals surface area (Å²) in [6.07, 6.45) is 4.53. The van der Waals surface area contributed by atoms with Gasteiger partial charge in [-0.15, -0.1) is 0 Å². The molecular formula is C11H23NO. The van der Waals surface area contributed by atoms with E-state index in [-0.39, 0.29) is 0 Å². The highest BCUT2D eigenvalue weighted by molar-refractivity contribution is 4.73. The Balaban J connectivity index is 2.05. The van der Waals surface area contributed by atoms with E-state index in [1.807, 2.05) is 7.05 Å². The van der Waals surface area contributed by atoms with Crippen LogP contribution in [0.15, 0.2) is 0 Å². The van der Waals surface area contributed by atoms with E-state index in [4.69, 9.17) is 4.74 Å². The summed E-state index contributed by atoms with van der Waals surface area (Å²) in [6, 6.07) is 0. The molecule has 1 atom stereocenters. The average Bonchev–Trinajstić information content (AvgIpc) is 2.86. The van der Waals surface area contributed by atoms with Crippen molar-refractivity contribution in [1.29, 1.82) is 0 Å². The third-order valence-electron chi connectivity index (χ3n) is 2.70. The van der Waals surface area contributed by atoms with Crippen molar-refractivity contribution in [2.24, 2.45) is 11.8 Å². The van der Waals surface area contributed by atoms with Gasteiger partial charge < -0.3 is 10.1 Å². The van der Waals surface area contributed by atoms with Crippen molar-refractivity contribution >= 4 is 0 Å². The lowest BCUT2D eigenvalue weighted by atomic mass is 10.1. The molecule has 1 N–H and O–H groups in total. The SMILES string of the molecule is CNCC(OCCC1CC1)C(C)C. The maximum Gasteiger partial charge on any atom is 0.0722 e. The van der Waals surface area contributed by atoms with Crippen molar-refractivity contribution in [2.75, 3.05) is 20.2 Å². The van der Waals surface area contributed by atoms with Gasteiger partial charge in [0.15, 0.2) is 0 Å². The summed E-state index contributed by atoms with van der Waals surface area (Å²) >= 11 is 0. The van der Waals surface area contributed by atoms with E-state index < -0.39 is 0 Å². The number of rotatable bonds is 7. The molecule has 78 valence electrons. The van der Waals surface area contributed by atoms with Crippen LogP contribution < -0.4 is 5.32 Å². The van der Waals surface area contributed by atoms with Crippen LogP contribution in [0.5, 0.6) is 0 Å². The molecule has 0 aliphatic heterocycles. The second kappa shape index (κ2) is 5.61. The topological polar surface area (TPSA) is 21.3 Å². The molecule has 0 heterocycles. The maximum absolute atomic E-state index is 5.83. The monoisotopic (exact) mass is 185 g/mol. The van der Waals surface area contributed by atoms with Gasteiger partial charge in [0.1, 0.15) is 0 Å². The Morgan fingerprint density at radius 1 is 1.38 bits per heavy atom. The number of likely N-dealkylation sites (N-methyl/N-ethyl adjacent to an activating group) is 1. The number of nitrogens with one attached hydrogen (secondary N) is 1. The van der Waals surface area contributed by atoms with Crippen LogP contribution in [0.2, 0.25) is 0 Å². The first-order valence-electron chi connectivity index (χ1n) is 5.50. The van der Waals surface area contributed by atoms with Gasteiger partial charge in [0.25, 0.3) is 0 Å². The molecule has 13 heavy (non-hydrogen) atoms. The predicted molar refractivity (Wildman–Crippen MR) is 55.8 cm³/mol. The first-order chi connectivity index (χ1) is 6.24. The van der Waals surface area contributed by atoms with Crippen molar-refractivity contribution in [2.45, 2.75) is 39.2 Å². The van der Waals surface area contributed by atoms with Crippen molar-refractivity contribution < 1.29 is 4.74 Å². The summed E-state index contributed by atoms with van der Waals surface area (Å²) in [7, 11) is 1.99. The zero-order valence-electron chi connectivity index (χ0n) is 9.18. The molecule has 2 nitrogen and oxygen atoms in total. The summed E-state index contributed by atoms with van der Waals surface area (Å²) in [5, 5.41) is 3.18. The minimum Gasteiger partial charge on any atom is -0.377 e. The van der Waals surface area contributed by atoms with E-state index in [1.54, 1.807) is 0 Å². The van der Waals surface area contributed by atoms with E-state index in [9.17, 15) is 0 Å². The van der Waals surface area contributed by atoms with Gasteiger partial charge in [-0.05, 0) is 25.3 Å². The predicted octanol–water partition coefficient (Wildman–Crippen LogP) is 2.05. The lowest BCUT2D eigenvalue weighted by molar-refractivity contribution is 0.0209. The first-order valence-corrected chi connectivity index (χ1v) is 5.50. The maximum atomic E-state index is 5.83. The van der Waals surface area contributed by atoms with Gasteiger partial charge in [0, 0.05) is 13.2 Å². The second-order valence-electron chi connectivity index (χ2n) is 4.44. The van der Waals surface area contributed by atoms with Crippen LogP contribution in [0.25, 0.3) is 0 Å². The largest absolute Gasteiger partial charge is 0.377 e. The van der Waals surface area contributed by atoms with Gasteiger partial charge in [-0.25, -0.2) is 0 Å². The smallest absolute Gasteiger partial charge is 0.0722 e. The summed E-state index contributed by atoms with van der Waals surface area (Å²) in [5.41, 5.74) is 0. The van der Waals surface area contributed by atoms with Crippen molar-refractivity contribution in [1.82, 2.24) is 5.32 Å². The Morgan fingerprint density at radius 3 is 2.54 bits per heavy atom. The molecule has 1 aliphatic rings. The Morgan fingerprint density at radius 2 is 2.08 bits per heavy atom. The van der Waals surface area contributed by atoms with Crippen LogP contribution in [0.4, 0.5) is 0 Å². The molecule has 2 heteroatoms. The third-order valence-corrected chi connectivity index (χ3v) is 2.70. The zero-order chi connectivity index (χ0) is 9.68. The highest BCUT2D eigenvalue weighted by Gasteiger charge is 2.21. The molecule has 1 aliphatic carbocycles. The van der Waals surface area contributed by atoms with Gasteiger partial charge in [-0.3, -0.25) is 0 Å². The average molecular weight is 185 g/mol.